The smallest absolute Gasteiger partial charge is 0.252 e. The Morgan fingerprint density at radius 1 is 1.00 bits per heavy atom. The van der Waals surface area contributed by atoms with Crippen molar-refractivity contribution in [2.75, 3.05) is 38.1 Å². The van der Waals surface area contributed by atoms with Crippen molar-refractivity contribution in [3.8, 4) is 5.75 Å². The molecule has 1 N–H and O–H groups in total. The lowest BCUT2D eigenvalue weighted by Gasteiger charge is -2.38. The SMILES string of the molecule is CCOc1ccccc1NC(=O)[C@@H](c1ccccc1)N1CCN(S(=O)(=O)c2cccs2)CC1. The molecule has 1 fully saturated rings. The van der Waals surface area contributed by atoms with E-state index in [0.29, 0.717) is 48.4 Å². The van der Waals surface area contributed by atoms with Crippen LogP contribution in [0, 0.1) is 0 Å². The molecule has 1 amide bonds. The number of amides is 1. The zero-order valence-electron chi connectivity index (χ0n) is 18.4. The first-order valence-corrected chi connectivity index (χ1v) is 13.2. The van der Waals surface area contributed by atoms with Crippen LogP contribution >= 0.6 is 11.3 Å². The van der Waals surface area contributed by atoms with Gasteiger partial charge in [0.05, 0.1) is 12.3 Å². The topological polar surface area (TPSA) is 79.0 Å². The summed E-state index contributed by atoms with van der Waals surface area (Å²) in [6.45, 7) is 3.94. The van der Waals surface area contributed by atoms with E-state index in [4.69, 9.17) is 4.74 Å². The summed E-state index contributed by atoms with van der Waals surface area (Å²) >= 11 is 1.22. The third-order valence-electron chi connectivity index (χ3n) is 5.54. The van der Waals surface area contributed by atoms with Crippen LogP contribution in [0.25, 0.3) is 0 Å². The van der Waals surface area contributed by atoms with Crippen LogP contribution in [-0.4, -0.2) is 56.3 Å². The van der Waals surface area contributed by atoms with Gasteiger partial charge in [0.2, 0.25) is 5.91 Å². The van der Waals surface area contributed by atoms with Gasteiger partial charge >= 0.3 is 0 Å². The van der Waals surface area contributed by atoms with Gasteiger partial charge in [-0.1, -0.05) is 48.5 Å². The van der Waals surface area contributed by atoms with E-state index in [1.165, 1.54) is 15.6 Å². The number of piperazine rings is 1. The molecular formula is C24H27N3O4S2. The van der Waals surface area contributed by atoms with E-state index in [2.05, 4.69) is 5.32 Å². The summed E-state index contributed by atoms with van der Waals surface area (Å²) in [6, 6.07) is 19.7. The van der Waals surface area contributed by atoms with Gasteiger partial charge in [0.25, 0.3) is 10.0 Å². The molecule has 174 valence electrons. The summed E-state index contributed by atoms with van der Waals surface area (Å²) in [5.74, 6) is 0.440. The van der Waals surface area contributed by atoms with Gasteiger partial charge in [0.15, 0.2) is 0 Å². The van der Waals surface area contributed by atoms with Crippen molar-refractivity contribution in [2.45, 2.75) is 17.2 Å². The number of carbonyl (C=O) groups excluding carboxylic acids is 1. The Kier molecular flexibility index (Phi) is 7.44. The van der Waals surface area contributed by atoms with Gasteiger partial charge in [-0.3, -0.25) is 9.69 Å². The van der Waals surface area contributed by atoms with Crippen molar-refractivity contribution in [3.05, 3.63) is 77.7 Å². The quantitative estimate of drug-likeness (QED) is 0.525. The van der Waals surface area contributed by atoms with Gasteiger partial charge < -0.3 is 10.1 Å². The number of thiophene rings is 1. The summed E-state index contributed by atoms with van der Waals surface area (Å²) < 4.78 is 33.3. The summed E-state index contributed by atoms with van der Waals surface area (Å²) in [4.78, 5) is 15.5. The molecule has 4 rings (SSSR count). The van der Waals surface area contributed by atoms with Gasteiger partial charge in [-0.05, 0) is 36.1 Å². The van der Waals surface area contributed by atoms with Crippen molar-refractivity contribution in [1.82, 2.24) is 9.21 Å². The number of carbonyl (C=O) groups is 1. The fourth-order valence-electron chi connectivity index (χ4n) is 3.96. The number of hydrogen-bond donors (Lipinski definition) is 1. The fraction of sp³-hybridized carbons (Fsp3) is 0.292. The van der Waals surface area contributed by atoms with Gasteiger partial charge in [0, 0.05) is 26.2 Å². The molecule has 2 aromatic carbocycles. The van der Waals surface area contributed by atoms with Crippen LogP contribution in [0.3, 0.4) is 0 Å². The minimum atomic E-state index is -3.51. The van der Waals surface area contributed by atoms with Crippen LogP contribution < -0.4 is 10.1 Å². The van der Waals surface area contributed by atoms with Crippen LogP contribution in [0.4, 0.5) is 5.69 Å². The molecule has 3 aromatic rings. The minimum Gasteiger partial charge on any atom is -0.492 e. The number of benzene rings is 2. The van der Waals surface area contributed by atoms with Gasteiger partial charge in [-0.2, -0.15) is 4.31 Å². The van der Waals surface area contributed by atoms with E-state index in [1.807, 2.05) is 66.4 Å². The average Bonchev–Trinajstić information content (AvgIpc) is 3.38. The van der Waals surface area contributed by atoms with Crippen LogP contribution in [0.2, 0.25) is 0 Å². The normalized spacial score (nSPS) is 16.3. The molecular weight excluding hydrogens is 458 g/mol. The standard InChI is InChI=1S/C24H27N3O4S2/c1-2-31-21-12-7-6-11-20(21)25-24(28)23(19-9-4-3-5-10-19)26-14-16-27(17-15-26)33(29,30)22-13-8-18-32-22/h3-13,18,23H,2,14-17H2,1H3,(H,25,28)/t23-/m1/s1. The average molecular weight is 486 g/mol. The molecule has 33 heavy (non-hydrogen) atoms. The Bertz CT molecular complexity index is 1160. The molecule has 0 bridgehead atoms. The van der Waals surface area contributed by atoms with Crippen molar-refractivity contribution >= 4 is 33.0 Å². The van der Waals surface area contributed by atoms with E-state index >= 15 is 0 Å². The van der Waals surface area contributed by atoms with Crippen LogP contribution in [0.5, 0.6) is 5.75 Å². The highest BCUT2D eigenvalue weighted by Crippen LogP contribution is 2.29. The van der Waals surface area contributed by atoms with Gasteiger partial charge in [-0.15, -0.1) is 11.3 Å². The third kappa shape index (κ3) is 5.27. The molecule has 0 aliphatic carbocycles. The van der Waals surface area contributed by atoms with Crippen molar-refractivity contribution < 1.29 is 17.9 Å². The zero-order valence-corrected chi connectivity index (χ0v) is 20.0. The molecule has 0 unspecified atom stereocenters. The summed E-state index contributed by atoms with van der Waals surface area (Å²) in [7, 11) is -3.51. The third-order valence-corrected chi connectivity index (χ3v) is 8.81. The zero-order chi connectivity index (χ0) is 23.3. The summed E-state index contributed by atoms with van der Waals surface area (Å²) in [6.07, 6.45) is 0. The van der Waals surface area contributed by atoms with Crippen molar-refractivity contribution in [2.24, 2.45) is 0 Å². The Labute approximate surface area is 198 Å². The molecule has 1 aliphatic rings. The van der Waals surface area contributed by atoms with E-state index in [0.717, 1.165) is 5.56 Å². The highest BCUT2D eigenvalue weighted by Gasteiger charge is 2.35. The van der Waals surface area contributed by atoms with Crippen LogP contribution in [-0.2, 0) is 14.8 Å². The number of ether oxygens (including phenoxy) is 1. The minimum absolute atomic E-state index is 0.178. The number of anilines is 1. The predicted octanol–water partition coefficient (Wildman–Crippen LogP) is 3.83. The molecule has 0 spiro atoms. The van der Waals surface area contributed by atoms with Crippen molar-refractivity contribution in [3.63, 3.8) is 0 Å². The van der Waals surface area contributed by atoms with Crippen LogP contribution in [0.15, 0.2) is 76.3 Å². The molecule has 0 saturated carbocycles. The molecule has 9 heteroatoms. The van der Waals surface area contributed by atoms with Crippen molar-refractivity contribution in [1.29, 1.82) is 0 Å². The molecule has 2 heterocycles. The highest BCUT2D eigenvalue weighted by molar-refractivity contribution is 7.91. The molecule has 1 atom stereocenters. The summed E-state index contributed by atoms with van der Waals surface area (Å²) in [5, 5.41) is 4.78. The molecule has 1 saturated heterocycles. The number of rotatable bonds is 8. The second kappa shape index (κ2) is 10.5. The van der Waals surface area contributed by atoms with Gasteiger partial charge in [0.1, 0.15) is 16.0 Å². The predicted molar refractivity (Wildman–Crippen MR) is 130 cm³/mol. The van der Waals surface area contributed by atoms with E-state index in [1.54, 1.807) is 17.5 Å². The number of sulfonamides is 1. The number of nitrogens with zero attached hydrogens (tertiary/aromatic N) is 2. The lowest BCUT2D eigenvalue weighted by molar-refractivity contribution is -0.122. The Morgan fingerprint density at radius 3 is 2.36 bits per heavy atom. The first-order valence-electron chi connectivity index (χ1n) is 10.9. The maximum atomic E-state index is 13.5. The molecule has 7 nitrogen and oxygen atoms in total. The maximum absolute atomic E-state index is 13.5. The largest absolute Gasteiger partial charge is 0.492 e. The fourth-order valence-corrected chi connectivity index (χ4v) is 6.52. The van der Waals surface area contributed by atoms with E-state index in [9.17, 15) is 13.2 Å². The Hall–Kier alpha value is -2.72. The monoisotopic (exact) mass is 485 g/mol. The highest BCUT2D eigenvalue weighted by atomic mass is 32.2. The lowest BCUT2D eigenvalue weighted by Crippen LogP contribution is -2.51. The second-order valence-electron chi connectivity index (χ2n) is 7.60. The van der Waals surface area contributed by atoms with Gasteiger partial charge in [-0.25, -0.2) is 8.42 Å². The molecule has 1 aliphatic heterocycles. The van der Waals surface area contributed by atoms with E-state index in [-0.39, 0.29) is 5.91 Å². The maximum Gasteiger partial charge on any atom is 0.252 e. The number of para-hydroxylation sites is 2. The Morgan fingerprint density at radius 2 is 1.70 bits per heavy atom. The first-order chi connectivity index (χ1) is 16.0. The summed E-state index contributed by atoms with van der Waals surface area (Å²) in [5.41, 5.74) is 1.47. The van der Waals surface area contributed by atoms with Crippen LogP contribution in [0.1, 0.15) is 18.5 Å². The van der Waals surface area contributed by atoms with E-state index < -0.39 is 16.1 Å². The molecule has 0 radical (unpaired) electrons. The number of hydrogen-bond acceptors (Lipinski definition) is 6. The number of nitrogens with one attached hydrogen (secondary N) is 1. The lowest BCUT2D eigenvalue weighted by atomic mass is 10.0. The first kappa shape index (κ1) is 23.4. The molecule has 1 aromatic heterocycles. The Balaban J connectivity index is 1.54. The second-order valence-corrected chi connectivity index (χ2v) is 10.7.